The second-order valence-electron chi connectivity index (χ2n) is 5.02. The van der Waals surface area contributed by atoms with E-state index >= 15 is 0 Å². The van der Waals surface area contributed by atoms with E-state index in [0.717, 1.165) is 10.9 Å². The van der Waals surface area contributed by atoms with Crippen LogP contribution in [0.25, 0.3) is 0 Å². The van der Waals surface area contributed by atoms with Crippen LogP contribution in [0.5, 0.6) is 0 Å². The van der Waals surface area contributed by atoms with Gasteiger partial charge in [-0.15, -0.1) is 0 Å². The van der Waals surface area contributed by atoms with Gasteiger partial charge in [-0.25, -0.2) is 0 Å². The third-order valence-electron chi connectivity index (χ3n) is 2.12. The maximum absolute atomic E-state index is 6.02. The summed E-state index contributed by atoms with van der Waals surface area (Å²) in [6, 6.07) is 8.27. The monoisotopic (exact) mass is 285 g/mol. The molecule has 0 aliphatic carbocycles. The first-order valence-corrected chi connectivity index (χ1v) is 6.30. The van der Waals surface area contributed by atoms with Crippen molar-refractivity contribution in [1.29, 1.82) is 0 Å². The molecule has 0 amide bonds. The van der Waals surface area contributed by atoms with E-state index in [9.17, 15) is 0 Å². The third kappa shape index (κ3) is 5.64. The molecule has 2 N–H and O–H groups in total. The van der Waals surface area contributed by atoms with Gasteiger partial charge in [0.05, 0.1) is 12.2 Å². The molecule has 1 aromatic carbocycles. The highest BCUT2D eigenvalue weighted by Gasteiger charge is 2.13. The highest BCUT2D eigenvalue weighted by Crippen LogP contribution is 2.13. The van der Waals surface area contributed by atoms with Gasteiger partial charge in [-0.3, -0.25) is 0 Å². The Hall–Kier alpha value is -0.380. The van der Waals surface area contributed by atoms with Gasteiger partial charge in [0.1, 0.15) is 0 Å². The van der Waals surface area contributed by atoms with Crippen molar-refractivity contribution >= 4 is 15.9 Å². The van der Waals surface area contributed by atoms with Crippen LogP contribution in [0.1, 0.15) is 26.3 Å². The van der Waals surface area contributed by atoms with Gasteiger partial charge >= 0.3 is 0 Å². The Morgan fingerprint density at radius 3 is 2.62 bits per heavy atom. The molecule has 0 radical (unpaired) electrons. The lowest BCUT2D eigenvalue weighted by Gasteiger charge is -2.22. The van der Waals surface area contributed by atoms with Crippen LogP contribution in [-0.4, -0.2) is 18.2 Å². The number of ether oxygens (including phenoxy) is 1. The first kappa shape index (κ1) is 13.7. The zero-order chi connectivity index (χ0) is 12.2. The van der Waals surface area contributed by atoms with E-state index in [0.29, 0.717) is 6.61 Å². The van der Waals surface area contributed by atoms with E-state index in [2.05, 4.69) is 28.1 Å². The first-order chi connectivity index (χ1) is 7.37. The summed E-state index contributed by atoms with van der Waals surface area (Å²) < 4.78 is 6.75. The molecule has 1 aromatic rings. The lowest BCUT2D eigenvalue weighted by molar-refractivity contribution is -0.00983. The van der Waals surface area contributed by atoms with Crippen LogP contribution in [-0.2, 0) is 11.2 Å². The van der Waals surface area contributed by atoms with Crippen LogP contribution in [0.2, 0.25) is 0 Å². The Bertz CT molecular complexity index is 333. The lowest BCUT2D eigenvalue weighted by Crippen LogP contribution is -2.33. The molecule has 0 aliphatic heterocycles. The molecule has 0 fully saturated rings. The Morgan fingerprint density at radius 1 is 1.38 bits per heavy atom. The number of hydrogen-bond acceptors (Lipinski definition) is 2. The number of nitrogens with two attached hydrogens (primary N) is 1. The minimum absolute atomic E-state index is 0.0496. The van der Waals surface area contributed by atoms with Crippen molar-refractivity contribution in [3.63, 3.8) is 0 Å². The molecule has 90 valence electrons. The molecule has 1 rings (SSSR count). The van der Waals surface area contributed by atoms with Crippen molar-refractivity contribution in [2.45, 2.75) is 38.8 Å². The van der Waals surface area contributed by atoms with Gasteiger partial charge in [0, 0.05) is 10.5 Å². The molecular formula is C13H20BrNO. The van der Waals surface area contributed by atoms with Gasteiger partial charge in [0.25, 0.3) is 0 Å². The van der Waals surface area contributed by atoms with E-state index < -0.39 is 0 Å². The lowest BCUT2D eigenvalue weighted by atomic mass is 10.1. The molecule has 0 heterocycles. The third-order valence-corrected chi connectivity index (χ3v) is 2.61. The van der Waals surface area contributed by atoms with Gasteiger partial charge in [-0.1, -0.05) is 28.1 Å². The molecule has 2 nitrogen and oxygen atoms in total. The fourth-order valence-electron chi connectivity index (χ4n) is 1.38. The maximum Gasteiger partial charge on any atom is 0.0627 e. The molecule has 0 spiro atoms. The molecule has 1 unspecified atom stereocenters. The van der Waals surface area contributed by atoms with Crippen LogP contribution < -0.4 is 5.73 Å². The predicted molar refractivity (Wildman–Crippen MR) is 71.5 cm³/mol. The number of benzene rings is 1. The minimum atomic E-state index is -0.116. The summed E-state index contributed by atoms with van der Waals surface area (Å²) in [5.74, 6) is 0. The fourth-order valence-corrected chi connectivity index (χ4v) is 1.83. The molecule has 3 heteroatoms. The molecule has 0 saturated heterocycles. The SMILES string of the molecule is CC(C)(C)OCC(N)Cc1cccc(Br)c1. The Labute approximate surface area is 106 Å². The standard InChI is InChI=1S/C13H20BrNO/c1-13(2,3)16-9-12(15)8-10-5-4-6-11(14)7-10/h4-7,12H,8-9,15H2,1-3H3. The Balaban J connectivity index is 2.43. The molecular weight excluding hydrogens is 266 g/mol. The average Bonchev–Trinajstić information content (AvgIpc) is 2.14. The van der Waals surface area contributed by atoms with E-state index in [4.69, 9.17) is 10.5 Å². The fraction of sp³-hybridized carbons (Fsp3) is 0.538. The smallest absolute Gasteiger partial charge is 0.0627 e. The highest BCUT2D eigenvalue weighted by molar-refractivity contribution is 9.10. The van der Waals surface area contributed by atoms with Crippen LogP contribution >= 0.6 is 15.9 Å². The summed E-state index contributed by atoms with van der Waals surface area (Å²) in [4.78, 5) is 0. The van der Waals surface area contributed by atoms with Gasteiger partial charge in [0.2, 0.25) is 0 Å². The van der Waals surface area contributed by atoms with E-state index in [1.165, 1.54) is 5.56 Å². The molecule has 0 aliphatic rings. The van der Waals surface area contributed by atoms with Crippen molar-refractivity contribution in [2.24, 2.45) is 5.73 Å². The maximum atomic E-state index is 6.02. The van der Waals surface area contributed by atoms with Crippen molar-refractivity contribution in [2.75, 3.05) is 6.61 Å². The van der Waals surface area contributed by atoms with Crippen molar-refractivity contribution in [3.05, 3.63) is 34.3 Å². The molecule has 0 bridgehead atoms. The number of rotatable bonds is 4. The van der Waals surface area contributed by atoms with E-state index in [1.807, 2.05) is 32.9 Å². The van der Waals surface area contributed by atoms with Crippen LogP contribution in [0.15, 0.2) is 28.7 Å². The van der Waals surface area contributed by atoms with Crippen LogP contribution in [0.3, 0.4) is 0 Å². The second kappa shape index (κ2) is 5.80. The summed E-state index contributed by atoms with van der Waals surface area (Å²) in [6.07, 6.45) is 0.843. The largest absolute Gasteiger partial charge is 0.374 e. The Morgan fingerprint density at radius 2 is 2.06 bits per heavy atom. The summed E-state index contributed by atoms with van der Waals surface area (Å²) in [6.45, 7) is 6.71. The summed E-state index contributed by atoms with van der Waals surface area (Å²) in [5, 5.41) is 0. The first-order valence-electron chi connectivity index (χ1n) is 5.51. The van der Waals surface area contributed by atoms with Gasteiger partial charge in [-0.05, 0) is 44.9 Å². The highest BCUT2D eigenvalue weighted by atomic mass is 79.9. The Kier molecular flexibility index (Phi) is 4.96. The molecule has 0 saturated carbocycles. The molecule has 1 atom stereocenters. The molecule has 0 aromatic heterocycles. The van der Waals surface area contributed by atoms with E-state index in [1.54, 1.807) is 0 Å². The average molecular weight is 286 g/mol. The number of hydrogen-bond donors (Lipinski definition) is 1. The van der Waals surface area contributed by atoms with Crippen molar-refractivity contribution in [1.82, 2.24) is 0 Å². The van der Waals surface area contributed by atoms with Gasteiger partial charge < -0.3 is 10.5 Å². The minimum Gasteiger partial charge on any atom is -0.374 e. The number of halogens is 1. The summed E-state index contributed by atoms with van der Waals surface area (Å²) >= 11 is 3.45. The van der Waals surface area contributed by atoms with Crippen molar-refractivity contribution < 1.29 is 4.74 Å². The second-order valence-corrected chi connectivity index (χ2v) is 5.93. The summed E-state index contributed by atoms with van der Waals surface area (Å²) in [7, 11) is 0. The van der Waals surface area contributed by atoms with Gasteiger partial charge in [-0.2, -0.15) is 0 Å². The van der Waals surface area contributed by atoms with Crippen molar-refractivity contribution in [3.8, 4) is 0 Å². The predicted octanol–water partition coefficient (Wildman–Crippen LogP) is 3.13. The molecule has 16 heavy (non-hydrogen) atoms. The zero-order valence-corrected chi connectivity index (χ0v) is 11.8. The van der Waals surface area contributed by atoms with Gasteiger partial charge in [0.15, 0.2) is 0 Å². The topological polar surface area (TPSA) is 35.2 Å². The van der Waals surface area contributed by atoms with Crippen LogP contribution in [0, 0.1) is 0 Å². The normalized spacial score (nSPS) is 13.8. The zero-order valence-electron chi connectivity index (χ0n) is 10.2. The summed E-state index contributed by atoms with van der Waals surface area (Å²) in [5.41, 5.74) is 7.14. The quantitative estimate of drug-likeness (QED) is 0.923. The van der Waals surface area contributed by atoms with Crippen LogP contribution in [0.4, 0.5) is 0 Å². The van der Waals surface area contributed by atoms with E-state index in [-0.39, 0.29) is 11.6 Å².